The van der Waals surface area contributed by atoms with Crippen molar-refractivity contribution in [2.75, 3.05) is 5.73 Å². The normalized spacial score (nSPS) is 11.3. The molecule has 0 saturated carbocycles. The first kappa shape index (κ1) is 12.7. The summed E-state index contributed by atoms with van der Waals surface area (Å²) in [5.41, 5.74) is 6.78. The molecule has 0 aliphatic heterocycles. The first-order valence-corrected chi connectivity index (χ1v) is 5.77. The lowest BCUT2D eigenvalue weighted by Crippen LogP contribution is -1.97. The molecule has 0 aliphatic carbocycles. The van der Waals surface area contributed by atoms with Crippen LogP contribution in [0.4, 0.5) is 5.95 Å². The number of benzene rings is 1. The highest BCUT2D eigenvalue weighted by atomic mass is 35.5. The number of nitrogens with two attached hydrogens (primary N) is 1. The number of aryl methyl sites for hydroxylation is 1. The number of imidazole rings is 1. The standard InChI is InChI=1S/C11H10Cl2N4O/c1-6-5-17(11(14)16-6)15-4-7-2-8(12)3-9(13)10(7)18/h2-5,18H,1H3,(H2,14,16). The average molecular weight is 285 g/mol. The maximum absolute atomic E-state index is 9.74. The van der Waals surface area contributed by atoms with Gasteiger partial charge in [-0.05, 0) is 19.1 Å². The SMILES string of the molecule is Cc1cn(N=Cc2cc(Cl)cc(Cl)c2O)c(N)n1. The fraction of sp³-hybridized carbons (Fsp3) is 0.0909. The quantitative estimate of drug-likeness (QED) is 0.833. The van der Waals surface area contributed by atoms with E-state index in [0.29, 0.717) is 10.6 Å². The highest BCUT2D eigenvalue weighted by Gasteiger charge is 2.06. The zero-order valence-corrected chi connectivity index (χ0v) is 10.9. The van der Waals surface area contributed by atoms with Crippen LogP contribution in [0.1, 0.15) is 11.3 Å². The Hall–Kier alpha value is -1.72. The molecular weight excluding hydrogens is 275 g/mol. The van der Waals surface area contributed by atoms with Gasteiger partial charge in [-0.3, -0.25) is 0 Å². The van der Waals surface area contributed by atoms with E-state index < -0.39 is 0 Å². The topological polar surface area (TPSA) is 76.4 Å². The number of rotatable bonds is 2. The van der Waals surface area contributed by atoms with Crippen LogP contribution in [-0.4, -0.2) is 21.0 Å². The Bertz CT molecular complexity index is 622. The number of phenols is 1. The summed E-state index contributed by atoms with van der Waals surface area (Å²) in [5, 5.41) is 14.4. The van der Waals surface area contributed by atoms with Gasteiger partial charge in [-0.15, -0.1) is 0 Å². The molecule has 0 fully saturated rings. The van der Waals surface area contributed by atoms with Crippen molar-refractivity contribution >= 4 is 35.4 Å². The van der Waals surface area contributed by atoms with Crippen LogP contribution in [-0.2, 0) is 0 Å². The minimum absolute atomic E-state index is 0.0831. The van der Waals surface area contributed by atoms with Crippen molar-refractivity contribution in [2.24, 2.45) is 5.10 Å². The molecule has 0 amide bonds. The lowest BCUT2D eigenvalue weighted by molar-refractivity contribution is 0.474. The lowest BCUT2D eigenvalue weighted by atomic mass is 10.2. The summed E-state index contributed by atoms with van der Waals surface area (Å²) >= 11 is 11.6. The molecule has 5 nitrogen and oxygen atoms in total. The largest absolute Gasteiger partial charge is 0.506 e. The molecule has 3 N–H and O–H groups in total. The van der Waals surface area contributed by atoms with E-state index in [2.05, 4.69) is 10.1 Å². The van der Waals surface area contributed by atoms with Gasteiger partial charge in [0.1, 0.15) is 5.75 Å². The van der Waals surface area contributed by atoms with E-state index in [1.165, 1.54) is 17.0 Å². The Balaban J connectivity index is 2.37. The third kappa shape index (κ3) is 2.57. The third-order valence-corrected chi connectivity index (χ3v) is 2.72. The predicted octanol–water partition coefficient (Wildman–Crippen LogP) is 2.67. The van der Waals surface area contributed by atoms with Gasteiger partial charge in [-0.1, -0.05) is 23.2 Å². The maximum atomic E-state index is 9.74. The van der Waals surface area contributed by atoms with Crippen LogP contribution >= 0.6 is 23.2 Å². The van der Waals surface area contributed by atoms with Crippen LogP contribution in [0.5, 0.6) is 5.75 Å². The van der Waals surface area contributed by atoms with Gasteiger partial charge in [-0.2, -0.15) is 5.10 Å². The van der Waals surface area contributed by atoms with Crippen LogP contribution in [0.3, 0.4) is 0 Å². The fourth-order valence-corrected chi connectivity index (χ4v) is 1.91. The predicted molar refractivity (Wildman–Crippen MR) is 72.5 cm³/mol. The van der Waals surface area contributed by atoms with Crippen LogP contribution in [0.25, 0.3) is 0 Å². The molecule has 0 radical (unpaired) electrons. The summed E-state index contributed by atoms with van der Waals surface area (Å²) in [6.45, 7) is 1.80. The van der Waals surface area contributed by atoms with Gasteiger partial charge < -0.3 is 10.8 Å². The van der Waals surface area contributed by atoms with E-state index in [1.54, 1.807) is 19.2 Å². The summed E-state index contributed by atoms with van der Waals surface area (Å²) in [4.78, 5) is 3.99. The van der Waals surface area contributed by atoms with Crippen molar-refractivity contribution in [3.63, 3.8) is 0 Å². The van der Waals surface area contributed by atoms with Gasteiger partial charge in [0.15, 0.2) is 0 Å². The van der Waals surface area contributed by atoms with Gasteiger partial charge in [-0.25, -0.2) is 9.66 Å². The smallest absolute Gasteiger partial charge is 0.221 e. The number of aromatic nitrogens is 2. The molecule has 18 heavy (non-hydrogen) atoms. The zero-order chi connectivity index (χ0) is 13.3. The van der Waals surface area contributed by atoms with E-state index in [1.807, 2.05) is 0 Å². The number of aromatic hydroxyl groups is 1. The van der Waals surface area contributed by atoms with E-state index in [4.69, 9.17) is 28.9 Å². The molecule has 94 valence electrons. The molecule has 2 rings (SSSR count). The number of hydrogen-bond donors (Lipinski definition) is 2. The second-order valence-corrected chi connectivity index (χ2v) is 4.50. The second kappa shape index (κ2) is 4.88. The number of phenolic OH excluding ortho intramolecular Hbond substituents is 1. The van der Waals surface area contributed by atoms with Crippen LogP contribution in [0.15, 0.2) is 23.4 Å². The van der Waals surface area contributed by atoms with E-state index in [9.17, 15) is 5.11 Å². The summed E-state index contributed by atoms with van der Waals surface area (Å²) in [5.74, 6) is 0.177. The Morgan fingerprint density at radius 2 is 2.17 bits per heavy atom. The van der Waals surface area contributed by atoms with Crippen molar-refractivity contribution in [3.8, 4) is 5.75 Å². The first-order chi connectivity index (χ1) is 8.47. The van der Waals surface area contributed by atoms with E-state index in [0.717, 1.165) is 5.69 Å². The number of nitrogen functional groups attached to an aromatic ring is 1. The molecule has 0 bridgehead atoms. The van der Waals surface area contributed by atoms with Gasteiger partial charge >= 0.3 is 0 Å². The van der Waals surface area contributed by atoms with Crippen molar-refractivity contribution in [1.29, 1.82) is 0 Å². The molecular formula is C11H10Cl2N4O. The third-order valence-electron chi connectivity index (χ3n) is 2.21. The van der Waals surface area contributed by atoms with Crippen molar-refractivity contribution in [3.05, 3.63) is 39.6 Å². The Morgan fingerprint density at radius 1 is 1.44 bits per heavy atom. The molecule has 1 aromatic carbocycles. The highest BCUT2D eigenvalue weighted by molar-refractivity contribution is 6.36. The van der Waals surface area contributed by atoms with Crippen molar-refractivity contribution in [1.82, 2.24) is 9.66 Å². The van der Waals surface area contributed by atoms with Crippen LogP contribution in [0.2, 0.25) is 10.0 Å². The van der Waals surface area contributed by atoms with Crippen molar-refractivity contribution < 1.29 is 5.11 Å². The number of nitrogens with zero attached hydrogens (tertiary/aromatic N) is 3. The van der Waals surface area contributed by atoms with Gasteiger partial charge in [0.05, 0.1) is 23.1 Å². The number of hydrogen-bond acceptors (Lipinski definition) is 4. The first-order valence-electron chi connectivity index (χ1n) is 5.01. The van der Waals surface area contributed by atoms with Crippen LogP contribution in [0, 0.1) is 6.92 Å². The van der Waals surface area contributed by atoms with Crippen molar-refractivity contribution in [2.45, 2.75) is 6.92 Å². The monoisotopic (exact) mass is 284 g/mol. The molecule has 2 aromatic rings. The summed E-state index contributed by atoms with van der Waals surface area (Å²) in [6, 6.07) is 3.00. The molecule has 7 heteroatoms. The Morgan fingerprint density at radius 3 is 2.78 bits per heavy atom. The number of halogens is 2. The summed E-state index contributed by atoms with van der Waals surface area (Å²) < 4.78 is 1.39. The Labute approximate surface area is 113 Å². The van der Waals surface area contributed by atoms with Gasteiger partial charge in [0, 0.05) is 10.6 Å². The molecule has 1 aromatic heterocycles. The minimum Gasteiger partial charge on any atom is -0.506 e. The van der Waals surface area contributed by atoms with E-state index in [-0.39, 0.29) is 16.7 Å². The average Bonchev–Trinajstić information content (AvgIpc) is 2.60. The van der Waals surface area contributed by atoms with E-state index >= 15 is 0 Å². The Kier molecular flexibility index (Phi) is 3.45. The number of anilines is 1. The zero-order valence-electron chi connectivity index (χ0n) is 9.43. The summed E-state index contributed by atoms with van der Waals surface area (Å²) in [7, 11) is 0. The molecule has 1 heterocycles. The minimum atomic E-state index is -0.0831. The fourth-order valence-electron chi connectivity index (χ4n) is 1.41. The maximum Gasteiger partial charge on any atom is 0.221 e. The second-order valence-electron chi connectivity index (χ2n) is 3.66. The van der Waals surface area contributed by atoms with Gasteiger partial charge in [0.25, 0.3) is 0 Å². The summed E-state index contributed by atoms with van der Waals surface area (Å²) in [6.07, 6.45) is 3.07. The molecule has 0 saturated heterocycles. The van der Waals surface area contributed by atoms with Gasteiger partial charge in [0.2, 0.25) is 5.95 Å². The molecule has 0 aliphatic rings. The lowest BCUT2D eigenvalue weighted by Gasteiger charge is -2.02. The highest BCUT2D eigenvalue weighted by Crippen LogP contribution is 2.30. The molecule has 0 spiro atoms. The van der Waals surface area contributed by atoms with Crippen LogP contribution < -0.4 is 5.73 Å². The molecule has 0 unspecified atom stereocenters. The molecule has 0 atom stereocenters.